The van der Waals surface area contributed by atoms with E-state index < -0.39 is 11.4 Å². The molecule has 0 bridgehead atoms. The van der Waals surface area contributed by atoms with Gasteiger partial charge in [0.25, 0.3) is 0 Å². The molecule has 1 atom stereocenters. The molecule has 20 heavy (non-hydrogen) atoms. The van der Waals surface area contributed by atoms with Crippen molar-refractivity contribution in [3.8, 4) is 0 Å². The minimum absolute atomic E-state index is 0.0599. The smallest absolute Gasteiger partial charge is 0.319 e. The first kappa shape index (κ1) is 17.1. The number of carbonyl (C=O) groups excluding carboxylic acids is 2. The average Bonchev–Trinajstić information content (AvgIpc) is 2.39. The zero-order valence-electron chi connectivity index (χ0n) is 13.4. The highest BCUT2D eigenvalue weighted by atomic mass is 16.5. The number of rotatable bonds is 6. The van der Waals surface area contributed by atoms with Crippen molar-refractivity contribution in [3.63, 3.8) is 0 Å². The Labute approximate surface area is 122 Å². The molecule has 116 valence electrons. The van der Waals surface area contributed by atoms with Crippen molar-refractivity contribution in [2.24, 2.45) is 5.41 Å². The van der Waals surface area contributed by atoms with Gasteiger partial charge >= 0.3 is 5.97 Å². The van der Waals surface area contributed by atoms with Crippen molar-refractivity contribution in [1.82, 2.24) is 9.80 Å². The number of likely N-dealkylation sites (tertiary alicyclic amines) is 1. The van der Waals surface area contributed by atoms with Crippen LogP contribution in [0.25, 0.3) is 0 Å². The lowest BCUT2D eigenvalue weighted by Crippen LogP contribution is -2.49. The number of Topliss-reactive ketones (excluding diaryl/α,β-unsaturated/α-hetero) is 1. The van der Waals surface area contributed by atoms with E-state index in [0.717, 1.165) is 19.5 Å². The first-order valence-corrected chi connectivity index (χ1v) is 7.38. The van der Waals surface area contributed by atoms with Gasteiger partial charge in [-0.2, -0.15) is 0 Å². The first-order chi connectivity index (χ1) is 9.28. The quantitative estimate of drug-likeness (QED) is 0.541. The number of likely N-dealkylation sites (N-methyl/N-ethyl adjacent to an activating group) is 1. The van der Waals surface area contributed by atoms with Crippen LogP contribution in [0.2, 0.25) is 0 Å². The molecule has 0 aromatic rings. The van der Waals surface area contributed by atoms with Gasteiger partial charge in [0.1, 0.15) is 5.41 Å². The van der Waals surface area contributed by atoms with E-state index in [1.807, 2.05) is 0 Å². The van der Waals surface area contributed by atoms with Gasteiger partial charge in [0, 0.05) is 12.6 Å². The third kappa shape index (κ3) is 4.28. The van der Waals surface area contributed by atoms with Gasteiger partial charge in [-0.1, -0.05) is 0 Å². The molecule has 0 N–H and O–H groups in total. The molecular formula is C15H28N2O3. The number of esters is 1. The fraction of sp³-hybridized carbons (Fsp3) is 0.867. The fourth-order valence-electron chi connectivity index (χ4n) is 2.42. The number of ether oxygens (including phenoxy) is 1. The molecule has 1 aliphatic rings. The van der Waals surface area contributed by atoms with Crippen LogP contribution in [0, 0.1) is 5.41 Å². The summed E-state index contributed by atoms with van der Waals surface area (Å²) in [6, 6.07) is 0.488. The summed E-state index contributed by atoms with van der Waals surface area (Å²) in [7, 11) is 4.14. The summed E-state index contributed by atoms with van der Waals surface area (Å²) < 4.78 is 4.99. The largest absolute Gasteiger partial charge is 0.465 e. The first-order valence-electron chi connectivity index (χ1n) is 7.38. The van der Waals surface area contributed by atoms with Crippen molar-refractivity contribution < 1.29 is 14.3 Å². The van der Waals surface area contributed by atoms with Crippen LogP contribution in [-0.4, -0.2) is 67.9 Å². The van der Waals surface area contributed by atoms with E-state index in [9.17, 15) is 9.59 Å². The summed E-state index contributed by atoms with van der Waals surface area (Å²) in [6.45, 7) is 7.51. The van der Waals surface area contributed by atoms with E-state index in [-0.39, 0.29) is 5.78 Å². The fourth-order valence-corrected chi connectivity index (χ4v) is 2.42. The van der Waals surface area contributed by atoms with E-state index in [2.05, 4.69) is 23.9 Å². The van der Waals surface area contributed by atoms with Crippen LogP contribution in [0.3, 0.4) is 0 Å². The Bertz CT molecular complexity index is 353. The molecule has 0 aromatic carbocycles. The lowest BCUT2D eigenvalue weighted by molar-refractivity contribution is -0.158. The maximum absolute atomic E-state index is 12.4. The van der Waals surface area contributed by atoms with Crippen molar-refractivity contribution in [1.29, 1.82) is 0 Å². The Balaban J connectivity index is 2.59. The molecule has 1 aliphatic heterocycles. The number of carbonyl (C=O) groups is 2. The molecule has 0 radical (unpaired) electrons. The molecule has 1 fully saturated rings. The molecule has 1 unspecified atom stereocenters. The molecule has 5 heteroatoms. The average molecular weight is 284 g/mol. The van der Waals surface area contributed by atoms with Crippen LogP contribution < -0.4 is 0 Å². The Morgan fingerprint density at radius 2 is 2.00 bits per heavy atom. The highest BCUT2D eigenvalue weighted by Gasteiger charge is 2.38. The Morgan fingerprint density at radius 3 is 2.55 bits per heavy atom. The third-order valence-corrected chi connectivity index (χ3v) is 4.06. The summed E-state index contributed by atoms with van der Waals surface area (Å²) in [5, 5.41) is 0. The molecule has 0 aromatic heterocycles. The zero-order chi connectivity index (χ0) is 15.3. The van der Waals surface area contributed by atoms with Crippen LogP contribution in [0.5, 0.6) is 0 Å². The van der Waals surface area contributed by atoms with Crippen LogP contribution in [0.15, 0.2) is 0 Å². The number of ketones is 1. The summed E-state index contributed by atoms with van der Waals surface area (Å²) in [6.07, 6.45) is 2.26. The van der Waals surface area contributed by atoms with Crippen molar-refractivity contribution in [3.05, 3.63) is 0 Å². The minimum atomic E-state index is -1.05. The molecule has 0 amide bonds. The van der Waals surface area contributed by atoms with Gasteiger partial charge in [0.15, 0.2) is 5.78 Å². The molecule has 1 rings (SSSR count). The highest BCUT2D eigenvalue weighted by molar-refractivity contribution is 6.03. The maximum Gasteiger partial charge on any atom is 0.319 e. The lowest BCUT2D eigenvalue weighted by atomic mass is 9.87. The number of piperidine rings is 1. The topological polar surface area (TPSA) is 49.9 Å². The van der Waals surface area contributed by atoms with Crippen molar-refractivity contribution in [2.45, 2.75) is 39.7 Å². The molecule has 5 nitrogen and oxygen atoms in total. The summed E-state index contributed by atoms with van der Waals surface area (Å²) in [5.74, 6) is -0.485. The Kier molecular flexibility index (Phi) is 6.14. The van der Waals surface area contributed by atoms with Gasteiger partial charge in [-0.05, 0) is 54.3 Å². The second-order valence-corrected chi connectivity index (χ2v) is 6.26. The number of nitrogens with zero attached hydrogens (tertiary/aromatic N) is 2. The third-order valence-electron chi connectivity index (χ3n) is 4.06. The normalized spacial score (nSPS) is 21.0. The predicted molar refractivity (Wildman–Crippen MR) is 78.6 cm³/mol. The van der Waals surface area contributed by atoms with Crippen LogP contribution >= 0.6 is 0 Å². The van der Waals surface area contributed by atoms with Gasteiger partial charge in [0.05, 0.1) is 13.2 Å². The van der Waals surface area contributed by atoms with E-state index in [1.165, 1.54) is 6.42 Å². The molecule has 0 spiro atoms. The van der Waals surface area contributed by atoms with Gasteiger partial charge in [0.2, 0.25) is 0 Å². The van der Waals surface area contributed by atoms with Crippen molar-refractivity contribution >= 4 is 11.8 Å². The Morgan fingerprint density at radius 1 is 1.35 bits per heavy atom. The summed E-state index contributed by atoms with van der Waals surface area (Å²) in [4.78, 5) is 28.6. The standard InChI is InChI=1S/C15H28N2O3/c1-6-20-14(19)15(2,3)13(18)11-17-9-7-8-12(10-17)16(4)5/h12H,6-11H2,1-5H3. The lowest BCUT2D eigenvalue weighted by Gasteiger charge is -2.36. The Hall–Kier alpha value is -0.940. The molecular weight excluding hydrogens is 256 g/mol. The summed E-state index contributed by atoms with van der Waals surface area (Å²) >= 11 is 0. The highest BCUT2D eigenvalue weighted by Crippen LogP contribution is 2.21. The molecule has 0 saturated carbocycles. The van der Waals surface area contributed by atoms with E-state index in [1.54, 1.807) is 20.8 Å². The number of hydrogen-bond acceptors (Lipinski definition) is 5. The number of hydrogen-bond donors (Lipinski definition) is 0. The zero-order valence-corrected chi connectivity index (χ0v) is 13.4. The van der Waals surface area contributed by atoms with Crippen LogP contribution in [0.1, 0.15) is 33.6 Å². The second kappa shape index (κ2) is 7.18. The summed E-state index contributed by atoms with van der Waals surface area (Å²) in [5.41, 5.74) is -1.05. The second-order valence-electron chi connectivity index (χ2n) is 6.26. The molecule has 1 heterocycles. The van der Waals surface area contributed by atoms with Gasteiger partial charge in [-0.25, -0.2) is 0 Å². The monoisotopic (exact) mass is 284 g/mol. The SMILES string of the molecule is CCOC(=O)C(C)(C)C(=O)CN1CCCC(N(C)C)C1. The van der Waals surface area contributed by atoms with Crippen molar-refractivity contribution in [2.75, 3.05) is 40.3 Å². The van der Waals surface area contributed by atoms with E-state index in [4.69, 9.17) is 4.74 Å². The van der Waals surface area contributed by atoms with Gasteiger partial charge in [-0.3, -0.25) is 14.5 Å². The van der Waals surface area contributed by atoms with Crippen LogP contribution in [-0.2, 0) is 14.3 Å². The maximum atomic E-state index is 12.4. The van der Waals surface area contributed by atoms with E-state index in [0.29, 0.717) is 19.2 Å². The van der Waals surface area contributed by atoms with Gasteiger partial charge < -0.3 is 9.64 Å². The molecule has 1 saturated heterocycles. The predicted octanol–water partition coefficient (Wildman–Crippen LogP) is 1.17. The van der Waals surface area contributed by atoms with Crippen LogP contribution in [0.4, 0.5) is 0 Å². The van der Waals surface area contributed by atoms with E-state index >= 15 is 0 Å². The van der Waals surface area contributed by atoms with Gasteiger partial charge in [-0.15, -0.1) is 0 Å². The minimum Gasteiger partial charge on any atom is -0.465 e. The molecule has 0 aliphatic carbocycles.